The van der Waals surface area contributed by atoms with Gasteiger partial charge in [-0.15, -0.1) is 10.2 Å². The molecule has 0 spiro atoms. The monoisotopic (exact) mass is 2150 g/mol. The minimum absolute atomic E-state index is 0.00930. The van der Waals surface area contributed by atoms with E-state index in [1.54, 1.807) is 12.1 Å². The number of aromatic nitrogens is 22. The van der Waals surface area contributed by atoms with Crippen molar-refractivity contribution in [3.63, 3.8) is 0 Å². The number of H-pyrrole nitrogens is 3. The van der Waals surface area contributed by atoms with Crippen LogP contribution < -0.4 is 45.3 Å². The topological polar surface area (TPSA) is 713 Å². The summed E-state index contributed by atoms with van der Waals surface area (Å²) in [7, 11) is 0. The lowest BCUT2D eigenvalue weighted by molar-refractivity contribution is -0.140. The van der Waals surface area contributed by atoms with Crippen LogP contribution in [-0.4, -0.2) is 287 Å². The molecule has 9 fully saturated rings. The molecule has 54 nitrogen and oxygen atoms in total. The standard InChI is InChI=1S/C22H24F2N8O9P2S2.C20H21F3N10O9P2S2.C20H20F3N9O9P2S2/c23-12-10-5-36-42(34,44)40-15-11(39-20(13(15)24)31-4-2-8-9(25)1-3-27-17(8)31)6-37-43(35,45)41-16(12)21(38-10)32-7-28-14-18(32)29-22(26)30-19(14)33;21-9-7-3-37-44(36,46)42-13-8(40-18(20(13,22)23)33-14-10(30-31-33)6(24)1-2-26-14)4-38-43(35,45)41-12(9)17(39-7)32-5-27-11-15(32)28-19(25)29-16(11)34;21-10-8-3-36-43(35,45)41-14-9(39-19(20(14,22)23)32-16-11(29-30-32)7(24)1-2-25-16)4-37-42(34,44)40-13(10)18(38-8)31-6-28-12-15(31)26-5-27-17(12)33/h1-4,7,10-13,15-16,20-21H,5-6H2,(H2,25,27)(H,34,44)(H,35,45)(H3,26,29,30,33);1-2,5,7-9,12-13,17-18H,3-4H2,(H2,24,26)(H,35,45)(H,36,46)(H3,25,28,29,34);1-2,5-6,8-10,13-14,18-19H,3-4H2,(H2,24,25)(H,34,44)(H,35,45)(H,26,27,33)/t10-,11-,12-,13+,15-,16-,20-,21-,42?,43?;7-,8-,9-,12-,13-,17-,18-,43?,44?;8-,9-,10-,13-,14-,18-,19-,42?,43?/m111/s1. The highest BCUT2D eigenvalue weighted by Crippen LogP contribution is 2.62. The van der Waals surface area contributed by atoms with Crippen molar-refractivity contribution < 1.29 is 147 Å². The van der Waals surface area contributed by atoms with E-state index in [0.29, 0.717) is 26.1 Å². The number of nitrogens with two attached hydrogens (primary N) is 5. The highest BCUT2D eigenvalue weighted by Gasteiger charge is 2.67. The number of ether oxygens (including phenoxy) is 6. The smallest absolute Gasteiger partial charge is 0.325 e. The molecule has 6 unspecified atom stereocenters. The Morgan fingerprint density at radius 2 is 0.735 bits per heavy atom. The third-order valence-corrected chi connectivity index (χ3v) is 31.3. The van der Waals surface area contributed by atoms with Crippen LogP contribution in [0.5, 0.6) is 0 Å². The van der Waals surface area contributed by atoms with Crippen LogP contribution in [0.15, 0.2) is 88.7 Å². The summed E-state index contributed by atoms with van der Waals surface area (Å²) in [5, 5.41) is 15.5. The molecule has 74 heteroatoms. The summed E-state index contributed by atoms with van der Waals surface area (Å²) in [6.45, 7) is -31.6. The van der Waals surface area contributed by atoms with Gasteiger partial charge >= 0.3 is 52.2 Å². The minimum Gasteiger partial charge on any atom is -0.398 e. The largest absolute Gasteiger partial charge is 0.398 e. The number of nitrogen functional groups attached to an aromatic ring is 5. The molecule has 732 valence electrons. The molecule has 0 aliphatic carbocycles. The number of imidazole rings is 3. The van der Waals surface area contributed by atoms with Crippen LogP contribution in [0.1, 0.15) is 37.4 Å². The van der Waals surface area contributed by atoms with Crippen LogP contribution >= 0.6 is 40.3 Å². The lowest BCUT2D eigenvalue weighted by atomic mass is 10.1. The molecular weight excluding hydrogens is 2090 g/mol. The van der Waals surface area contributed by atoms with Gasteiger partial charge in [0, 0.05) is 35.9 Å². The van der Waals surface area contributed by atoms with Gasteiger partial charge in [-0.05, 0) is 95.1 Å². The third kappa shape index (κ3) is 18.4. The van der Waals surface area contributed by atoms with Crippen LogP contribution in [-0.2, 0) is 154 Å². The molecule has 21 heterocycles. The van der Waals surface area contributed by atoms with E-state index in [1.165, 1.54) is 50.6 Å². The summed E-state index contributed by atoms with van der Waals surface area (Å²) in [5.41, 5.74) is 27.1. The molecule has 21 rings (SSSR count). The van der Waals surface area contributed by atoms with Crippen LogP contribution in [0.25, 0.3) is 66.9 Å². The maximum Gasteiger partial charge on any atom is 0.325 e. The number of halogens is 8. The highest BCUT2D eigenvalue weighted by molar-refractivity contribution is 8.08. The molecule has 9 aliphatic heterocycles. The summed E-state index contributed by atoms with van der Waals surface area (Å²) in [4.78, 5) is 145. The molecule has 19 N–H and O–H groups in total. The average Bonchev–Trinajstić information content (AvgIpc) is 1.59. The summed E-state index contributed by atoms with van der Waals surface area (Å²) in [6, 6.07) is 5.99. The van der Waals surface area contributed by atoms with E-state index < -0.39 is 244 Å². The quantitative estimate of drug-likeness (QED) is 0.0833. The van der Waals surface area contributed by atoms with Gasteiger partial charge in [0.1, 0.15) is 66.7 Å². The second-order valence-corrected chi connectivity index (χ2v) is 47.3. The molecule has 28 atom stereocenters. The zero-order chi connectivity index (χ0) is 96.5. The van der Waals surface area contributed by atoms with E-state index in [9.17, 15) is 43.7 Å². The molecule has 0 amide bonds. The maximum absolute atomic E-state index is 16.0. The Bertz CT molecular complexity index is 7220. The second kappa shape index (κ2) is 36.3. The van der Waals surface area contributed by atoms with Gasteiger partial charge in [0.05, 0.1) is 76.3 Å². The minimum atomic E-state index is -4.61. The van der Waals surface area contributed by atoms with Gasteiger partial charge in [-0.1, -0.05) is 10.4 Å². The number of hydrogen-bond donors (Lipinski definition) is 14. The zero-order valence-electron chi connectivity index (χ0n) is 67.2. The first-order valence-corrected chi connectivity index (χ1v) is 54.4. The molecule has 0 radical (unpaired) electrons. The van der Waals surface area contributed by atoms with Crippen molar-refractivity contribution in [1.29, 1.82) is 0 Å². The number of fused-ring (bicyclic) bond motifs is 15. The molecule has 6 bridgehead atoms. The van der Waals surface area contributed by atoms with Crippen LogP contribution in [0.4, 0.5) is 64.1 Å². The number of pyridine rings is 3. The first-order chi connectivity index (χ1) is 64.2. The van der Waals surface area contributed by atoms with Crippen LogP contribution in [0, 0.1) is 0 Å². The number of aromatic amines is 3. The van der Waals surface area contributed by atoms with Crippen molar-refractivity contribution in [3.8, 4) is 0 Å². The molecule has 9 aliphatic rings. The lowest BCUT2D eigenvalue weighted by Gasteiger charge is -2.28. The summed E-state index contributed by atoms with van der Waals surface area (Å²) >= 11 is 30.5. The van der Waals surface area contributed by atoms with Gasteiger partial charge < -0.3 is 123 Å². The fraction of sp³-hybridized carbons (Fsp3) is 0.484. The predicted molar refractivity (Wildman–Crippen MR) is 464 cm³/mol. The Kier molecular flexibility index (Phi) is 25.9. The van der Waals surface area contributed by atoms with E-state index >= 15 is 35.1 Å². The van der Waals surface area contributed by atoms with E-state index in [2.05, 4.69) is 80.4 Å². The number of nitrogens with zero attached hydrogens (tertiary/aromatic N) is 19. The average molecular weight is 2150 g/mol. The molecule has 0 saturated carbocycles. The van der Waals surface area contributed by atoms with Gasteiger partial charge in [-0.25, -0.2) is 52.4 Å². The first-order valence-electron chi connectivity index (χ1n) is 38.9. The number of anilines is 5. The van der Waals surface area contributed by atoms with Gasteiger partial charge in [0.25, 0.3) is 16.7 Å². The van der Waals surface area contributed by atoms with Crippen LogP contribution in [0.2, 0.25) is 0 Å². The number of nitrogens with one attached hydrogen (secondary N) is 3. The van der Waals surface area contributed by atoms with Crippen molar-refractivity contribution in [1.82, 2.24) is 108 Å². The molecule has 12 aromatic rings. The summed E-state index contributed by atoms with van der Waals surface area (Å²) in [6.07, 6.45) is -29.7. The van der Waals surface area contributed by atoms with Crippen molar-refractivity contribution in [2.45, 2.75) is 147 Å². The van der Waals surface area contributed by atoms with E-state index in [-0.39, 0.29) is 79.1 Å². The number of alkyl halides is 8. The fourth-order valence-electron chi connectivity index (χ4n) is 15.8. The van der Waals surface area contributed by atoms with E-state index in [1.807, 2.05) is 0 Å². The van der Waals surface area contributed by atoms with E-state index in [4.69, 9.17) is 182 Å². The Morgan fingerprint density at radius 3 is 1.15 bits per heavy atom. The number of rotatable bonds is 6. The molecule has 136 heavy (non-hydrogen) atoms. The molecule has 0 aromatic carbocycles. The van der Waals surface area contributed by atoms with Gasteiger partial charge in [-0.3, -0.25) is 65.2 Å². The van der Waals surface area contributed by atoms with Gasteiger partial charge in [0.15, 0.2) is 118 Å². The van der Waals surface area contributed by atoms with Gasteiger partial charge in [-0.2, -0.15) is 36.9 Å². The zero-order valence-corrected chi connectivity index (χ0v) is 77.4. The SMILES string of the molecule is Nc1ccnc2c1nnn2[C@@H]1O[C@@H]2COP(O)(=S)O[C@@H]3[C@H](F)[C@@H](COP(O)(=S)O[C@H]2C1(F)F)O[C@H]3n1cnc2c(=O)[nH]cnc21.Nc1nc2c(ncn2[C@@H]2O[C@@H]3COP(O)(=S)O[C@@H]4[C@@H](COP(O)(=S)O[C@@H]2[C@@H]3F)O[C@@H](n2nnc3c(N)ccnc32)C4(F)F)c(=O)[nH]1.Nc1nc2c(ncn2[C@@H]2O[C@@H]3COP(O)(=S)O[C@H]4[C@H](F)[C@H](n5ccc6c(N)ccnc65)O[C@@H]4COP(O)(=S)O[C@@H]2[C@@H]3F)c(=O)[nH]1. The fourth-order valence-corrected chi connectivity index (χ4v) is 24.3. The Hall–Kier alpha value is -7.78. The Labute approximate surface area is 778 Å². The Balaban J connectivity index is 0.000000131. The molecule has 12 aromatic heterocycles. The third-order valence-electron chi connectivity index (χ3n) is 21.9. The maximum atomic E-state index is 16.0. The van der Waals surface area contributed by atoms with Crippen molar-refractivity contribution in [2.24, 2.45) is 0 Å². The van der Waals surface area contributed by atoms with Crippen molar-refractivity contribution >= 4 is 207 Å². The van der Waals surface area contributed by atoms with Gasteiger partial charge in [0.2, 0.25) is 24.4 Å². The van der Waals surface area contributed by atoms with Crippen molar-refractivity contribution in [3.05, 3.63) is 105 Å². The normalized spacial score (nSPS) is 37.2. The molecular formula is C62H65F8N27O27P6S6. The van der Waals surface area contributed by atoms with Crippen LogP contribution in [0.3, 0.4) is 0 Å². The predicted octanol–water partition coefficient (Wildman–Crippen LogP) is 1.76. The van der Waals surface area contributed by atoms with E-state index in [0.717, 1.165) is 29.9 Å². The summed E-state index contributed by atoms with van der Waals surface area (Å²) < 4.78 is 233. The number of hydrogen-bond acceptors (Lipinski definition) is 45. The highest BCUT2D eigenvalue weighted by atomic mass is 32.5. The van der Waals surface area contributed by atoms with Crippen molar-refractivity contribution in [2.75, 3.05) is 68.3 Å². The second-order valence-electron chi connectivity index (χ2n) is 30.5. The Morgan fingerprint density at radius 1 is 0.382 bits per heavy atom. The lowest BCUT2D eigenvalue weighted by Crippen LogP contribution is -2.41. The molecule has 9 saturated heterocycles. The summed E-state index contributed by atoms with van der Waals surface area (Å²) in [5.74, 6) is -8.57. The first kappa shape index (κ1) is 97.1.